The lowest BCUT2D eigenvalue weighted by molar-refractivity contribution is 0.524. The number of halogens is 1. The van der Waals surface area contributed by atoms with E-state index in [4.69, 9.17) is 30.9 Å². The topological polar surface area (TPSA) is 64.1 Å². The van der Waals surface area contributed by atoms with Crippen molar-refractivity contribution < 1.29 is 7.16 Å². The zero-order valence-corrected chi connectivity index (χ0v) is 14.0. The standard InChI is InChI=1S/C17H16ClN3OS/c1-3-12-14(7-10(2)19)22-17-13(8-15(18)21-16(12)17)20-9-11-5-4-6-23-11/h1,4-6,8,10H,7,9,19H2,2H3,(H,20,21)/t10-/m0/s1/i7D2. The van der Waals surface area contributed by atoms with Gasteiger partial charge in [-0.25, -0.2) is 4.98 Å². The maximum Gasteiger partial charge on any atom is 0.177 e. The minimum atomic E-state index is -1.93. The van der Waals surface area contributed by atoms with Crippen LogP contribution in [-0.4, -0.2) is 11.0 Å². The maximum absolute atomic E-state index is 8.21. The number of nitrogens with zero attached hydrogens (tertiary/aromatic N) is 1. The first-order chi connectivity index (χ1) is 11.8. The van der Waals surface area contributed by atoms with Crippen LogP contribution in [0, 0.1) is 12.3 Å². The molecule has 0 aromatic carbocycles. The number of furan rings is 1. The molecule has 118 valence electrons. The fourth-order valence-corrected chi connectivity index (χ4v) is 3.04. The highest BCUT2D eigenvalue weighted by molar-refractivity contribution is 7.09. The molecule has 0 saturated heterocycles. The molecule has 4 nitrogen and oxygen atoms in total. The van der Waals surface area contributed by atoms with E-state index in [1.54, 1.807) is 24.3 Å². The van der Waals surface area contributed by atoms with Crippen molar-refractivity contribution in [1.82, 2.24) is 4.98 Å². The monoisotopic (exact) mass is 347 g/mol. The molecule has 0 saturated carbocycles. The van der Waals surface area contributed by atoms with E-state index < -0.39 is 12.4 Å². The first-order valence-electron chi connectivity index (χ1n) is 7.96. The molecule has 0 amide bonds. The van der Waals surface area contributed by atoms with E-state index in [0.29, 0.717) is 23.3 Å². The number of rotatable bonds is 5. The Morgan fingerprint density at radius 1 is 1.65 bits per heavy atom. The van der Waals surface area contributed by atoms with Gasteiger partial charge in [0, 0.05) is 32.6 Å². The van der Waals surface area contributed by atoms with Crippen LogP contribution < -0.4 is 11.1 Å². The number of hydrogen-bond donors (Lipinski definition) is 2. The zero-order chi connectivity index (χ0) is 18.2. The van der Waals surface area contributed by atoms with Gasteiger partial charge in [0.25, 0.3) is 0 Å². The smallest absolute Gasteiger partial charge is 0.177 e. The molecule has 0 aliphatic rings. The number of thiophene rings is 1. The molecule has 0 radical (unpaired) electrons. The minimum absolute atomic E-state index is 0.00561. The lowest BCUT2D eigenvalue weighted by atomic mass is 10.1. The van der Waals surface area contributed by atoms with Crippen molar-refractivity contribution in [3.63, 3.8) is 0 Å². The highest BCUT2D eigenvalue weighted by atomic mass is 35.5. The minimum Gasteiger partial charge on any atom is -0.456 e. The average molecular weight is 348 g/mol. The SMILES string of the molecule is [2H]C([2H])(c1oc2c(NCc3cccs3)cc(Cl)nc2c1C#C)[C@H](C)N. The van der Waals surface area contributed by atoms with Gasteiger partial charge in [0.05, 0.1) is 11.3 Å². The number of nitrogens with one attached hydrogen (secondary N) is 1. The van der Waals surface area contributed by atoms with Crippen molar-refractivity contribution in [2.75, 3.05) is 5.32 Å². The number of anilines is 1. The molecule has 0 bridgehead atoms. The first-order valence-corrected chi connectivity index (χ1v) is 8.22. The fourth-order valence-electron chi connectivity index (χ4n) is 2.20. The molecule has 3 rings (SSSR count). The van der Waals surface area contributed by atoms with Crippen LogP contribution in [0.2, 0.25) is 5.15 Å². The molecule has 3 aromatic heterocycles. The molecule has 3 N–H and O–H groups in total. The van der Waals surface area contributed by atoms with Gasteiger partial charge in [-0.05, 0) is 18.4 Å². The molecular weight excluding hydrogens is 330 g/mol. The third-order valence-corrected chi connectivity index (χ3v) is 4.22. The summed E-state index contributed by atoms with van der Waals surface area (Å²) < 4.78 is 22.2. The Kier molecular flexibility index (Phi) is 3.87. The Morgan fingerprint density at radius 2 is 2.48 bits per heavy atom. The predicted octanol–water partition coefficient (Wildman–Crippen LogP) is 4.03. The second kappa shape index (κ2) is 6.63. The third kappa shape index (κ3) is 3.35. The normalized spacial score (nSPS) is 14.2. The van der Waals surface area contributed by atoms with Crippen LogP contribution in [-0.2, 0) is 12.9 Å². The molecule has 6 heteroatoms. The summed E-state index contributed by atoms with van der Waals surface area (Å²) in [5.41, 5.74) is 7.33. The molecule has 1 atom stereocenters. The third-order valence-electron chi connectivity index (χ3n) is 3.15. The van der Waals surface area contributed by atoms with Gasteiger partial charge in [-0.15, -0.1) is 17.8 Å². The van der Waals surface area contributed by atoms with Gasteiger partial charge in [0.2, 0.25) is 0 Å². The summed E-state index contributed by atoms with van der Waals surface area (Å²) in [5, 5.41) is 5.48. The Balaban J connectivity index is 2.13. The van der Waals surface area contributed by atoms with Crippen molar-refractivity contribution in [2.45, 2.75) is 25.9 Å². The van der Waals surface area contributed by atoms with E-state index >= 15 is 0 Å². The molecular formula is C17H16ClN3OS. The van der Waals surface area contributed by atoms with Crippen LogP contribution in [0.15, 0.2) is 28.0 Å². The second-order valence-electron chi connectivity index (χ2n) is 4.99. The summed E-state index contributed by atoms with van der Waals surface area (Å²) in [6, 6.07) is 4.80. The molecule has 3 aromatic rings. The molecule has 3 heterocycles. The first kappa shape index (κ1) is 13.4. The number of nitrogens with two attached hydrogens (primary N) is 1. The van der Waals surface area contributed by atoms with Crippen LogP contribution >= 0.6 is 22.9 Å². The summed E-state index contributed by atoms with van der Waals surface area (Å²) in [7, 11) is 0. The van der Waals surface area contributed by atoms with Crippen LogP contribution in [0.25, 0.3) is 11.1 Å². The van der Waals surface area contributed by atoms with Crippen molar-refractivity contribution in [2.24, 2.45) is 5.73 Å². The molecule has 0 aliphatic carbocycles. The molecule has 0 aliphatic heterocycles. The lowest BCUT2D eigenvalue weighted by Gasteiger charge is -2.06. The number of terminal acetylenes is 1. The van der Waals surface area contributed by atoms with Crippen LogP contribution in [0.5, 0.6) is 0 Å². The molecule has 0 spiro atoms. The van der Waals surface area contributed by atoms with Crippen molar-refractivity contribution in [1.29, 1.82) is 0 Å². The highest BCUT2D eigenvalue weighted by Gasteiger charge is 2.19. The van der Waals surface area contributed by atoms with Gasteiger partial charge in [-0.2, -0.15) is 0 Å². The predicted molar refractivity (Wildman–Crippen MR) is 96.0 cm³/mol. The van der Waals surface area contributed by atoms with Crippen molar-refractivity contribution in [3.8, 4) is 12.3 Å². The van der Waals surface area contributed by atoms with E-state index in [9.17, 15) is 0 Å². The molecule has 0 fully saturated rings. The summed E-state index contributed by atoms with van der Waals surface area (Å²) in [6.45, 7) is 2.14. The summed E-state index contributed by atoms with van der Waals surface area (Å²) in [5.74, 6) is 2.46. The van der Waals surface area contributed by atoms with Gasteiger partial charge >= 0.3 is 0 Å². The Labute approximate surface area is 146 Å². The largest absolute Gasteiger partial charge is 0.456 e. The van der Waals surface area contributed by atoms with Gasteiger partial charge in [-0.1, -0.05) is 23.6 Å². The van der Waals surface area contributed by atoms with Gasteiger partial charge in [-0.3, -0.25) is 0 Å². The van der Waals surface area contributed by atoms with E-state index in [1.165, 1.54) is 0 Å². The summed E-state index contributed by atoms with van der Waals surface area (Å²) >= 11 is 7.74. The van der Waals surface area contributed by atoms with Crippen molar-refractivity contribution >= 4 is 39.7 Å². The Bertz CT molecular complexity index is 945. The zero-order valence-electron chi connectivity index (χ0n) is 14.4. The van der Waals surface area contributed by atoms with E-state index in [0.717, 1.165) is 4.88 Å². The van der Waals surface area contributed by atoms with E-state index in [2.05, 4.69) is 16.2 Å². The van der Waals surface area contributed by atoms with Crippen LogP contribution in [0.3, 0.4) is 0 Å². The quantitative estimate of drug-likeness (QED) is 0.540. The highest BCUT2D eigenvalue weighted by Crippen LogP contribution is 2.32. The maximum atomic E-state index is 8.21. The molecule has 23 heavy (non-hydrogen) atoms. The Morgan fingerprint density at radius 3 is 3.13 bits per heavy atom. The van der Waals surface area contributed by atoms with Gasteiger partial charge in [0.1, 0.15) is 16.4 Å². The fraction of sp³-hybridized carbons (Fsp3) is 0.235. The Hall–Kier alpha value is -2.00. The van der Waals surface area contributed by atoms with Gasteiger partial charge < -0.3 is 15.5 Å². The number of fused-ring (bicyclic) bond motifs is 1. The van der Waals surface area contributed by atoms with Crippen LogP contribution in [0.4, 0.5) is 5.69 Å². The number of aromatic nitrogens is 1. The second-order valence-corrected chi connectivity index (χ2v) is 6.41. The summed E-state index contributed by atoms with van der Waals surface area (Å²) in [6.07, 6.45) is 3.66. The molecule has 0 unspecified atom stereocenters. The van der Waals surface area contributed by atoms with Crippen LogP contribution in [0.1, 0.15) is 25.9 Å². The van der Waals surface area contributed by atoms with Crippen molar-refractivity contribution in [3.05, 3.63) is 44.9 Å². The average Bonchev–Trinajstić information content (AvgIpc) is 3.19. The summed E-state index contributed by atoms with van der Waals surface area (Å²) in [4.78, 5) is 5.37. The van der Waals surface area contributed by atoms with E-state index in [1.807, 2.05) is 17.5 Å². The number of pyridine rings is 1. The number of hydrogen-bond acceptors (Lipinski definition) is 5. The van der Waals surface area contributed by atoms with Gasteiger partial charge in [0.15, 0.2) is 5.58 Å². The van der Waals surface area contributed by atoms with E-state index in [-0.39, 0.29) is 16.5 Å². The lowest BCUT2D eigenvalue weighted by Crippen LogP contribution is -2.17.